The second-order valence-electron chi connectivity index (χ2n) is 11.4. The minimum Gasteiger partial charge on any atom is -0.368 e. The van der Waals surface area contributed by atoms with E-state index in [-0.39, 0.29) is 23.2 Å². The first-order valence-corrected chi connectivity index (χ1v) is 14.9. The van der Waals surface area contributed by atoms with Crippen LogP contribution < -0.4 is 26.6 Å². The number of fused-ring (bicyclic) bond motifs is 1. The van der Waals surface area contributed by atoms with Gasteiger partial charge in [0.2, 0.25) is 5.95 Å². The van der Waals surface area contributed by atoms with Crippen LogP contribution in [0.25, 0.3) is 11.4 Å². The molecule has 3 amide bonds. The number of carbonyl (C=O) groups is 2. The summed E-state index contributed by atoms with van der Waals surface area (Å²) < 4.78 is 43.9. The minimum atomic E-state index is -4.59. The lowest BCUT2D eigenvalue weighted by molar-refractivity contribution is -0.137. The normalized spacial score (nSPS) is 14.9. The van der Waals surface area contributed by atoms with Crippen LogP contribution in [0.4, 0.5) is 41.0 Å². The van der Waals surface area contributed by atoms with E-state index >= 15 is 0 Å². The van der Waals surface area contributed by atoms with Crippen molar-refractivity contribution < 1.29 is 22.8 Å². The summed E-state index contributed by atoms with van der Waals surface area (Å²) in [7, 11) is 3.79. The summed E-state index contributed by atoms with van der Waals surface area (Å²) in [6, 6.07) is 11.6. The fourth-order valence-corrected chi connectivity index (χ4v) is 5.71. The van der Waals surface area contributed by atoms with Gasteiger partial charge in [0, 0.05) is 80.7 Å². The van der Waals surface area contributed by atoms with Gasteiger partial charge in [-0.1, -0.05) is 17.9 Å². The highest BCUT2D eigenvalue weighted by molar-refractivity contribution is 6.00. The molecule has 2 aliphatic heterocycles. The van der Waals surface area contributed by atoms with Gasteiger partial charge in [-0.15, -0.1) is 0 Å². The third-order valence-corrected chi connectivity index (χ3v) is 8.17. The Labute approximate surface area is 269 Å². The van der Waals surface area contributed by atoms with Crippen molar-refractivity contribution in [1.82, 2.24) is 24.8 Å². The van der Waals surface area contributed by atoms with Crippen LogP contribution in [0.2, 0.25) is 0 Å². The number of nitrogen functional groups attached to an aromatic ring is 1. The van der Waals surface area contributed by atoms with Crippen molar-refractivity contribution in [2.75, 3.05) is 61.0 Å². The Kier molecular flexibility index (Phi) is 8.48. The topological polar surface area (TPSA) is 133 Å². The van der Waals surface area contributed by atoms with Gasteiger partial charge in [-0.3, -0.25) is 4.79 Å². The van der Waals surface area contributed by atoms with Crippen LogP contribution in [0.15, 0.2) is 54.7 Å². The molecule has 5 N–H and O–H groups in total. The molecule has 0 aliphatic carbocycles. The average molecular weight is 644 g/mol. The van der Waals surface area contributed by atoms with Crippen LogP contribution in [0, 0.1) is 11.8 Å². The number of nitrogens with two attached hydrogens (primary N) is 1. The second kappa shape index (κ2) is 12.7. The molecule has 2 aromatic heterocycles. The molecule has 0 spiro atoms. The summed E-state index contributed by atoms with van der Waals surface area (Å²) >= 11 is 0. The molecule has 1 fully saturated rings. The van der Waals surface area contributed by atoms with Crippen molar-refractivity contribution in [3.8, 4) is 23.2 Å². The van der Waals surface area contributed by atoms with Crippen LogP contribution in [-0.2, 0) is 19.6 Å². The lowest BCUT2D eigenvalue weighted by Crippen LogP contribution is -2.45. The number of piperazine rings is 1. The Morgan fingerprint density at radius 1 is 1.00 bits per heavy atom. The maximum atomic E-state index is 14.0. The van der Waals surface area contributed by atoms with E-state index < -0.39 is 17.8 Å². The van der Waals surface area contributed by atoms with Crippen LogP contribution in [-0.4, -0.2) is 71.1 Å². The van der Waals surface area contributed by atoms with Gasteiger partial charge in [0.25, 0.3) is 5.91 Å². The summed E-state index contributed by atoms with van der Waals surface area (Å²) in [4.78, 5) is 37.5. The number of amides is 3. The fourth-order valence-electron chi connectivity index (χ4n) is 5.71. The van der Waals surface area contributed by atoms with E-state index in [1.54, 1.807) is 35.2 Å². The minimum absolute atomic E-state index is 0.0133. The Bertz CT molecular complexity index is 1920. The van der Waals surface area contributed by atoms with Crippen molar-refractivity contribution in [3.05, 3.63) is 82.7 Å². The van der Waals surface area contributed by atoms with Gasteiger partial charge < -0.3 is 36.1 Å². The van der Waals surface area contributed by atoms with E-state index in [2.05, 4.69) is 42.7 Å². The van der Waals surface area contributed by atoms with E-state index in [0.29, 0.717) is 72.9 Å². The molecule has 1 saturated heterocycles. The lowest BCUT2D eigenvalue weighted by atomic mass is 10.1. The Morgan fingerprint density at radius 2 is 1.74 bits per heavy atom. The summed E-state index contributed by atoms with van der Waals surface area (Å²) in [5.74, 6) is 6.01. The number of anilines is 4. The number of hydrogen-bond acceptors (Lipinski definition) is 7. The van der Waals surface area contributed by atoms with Gasteiger partial charge in [0.05, 0.1) is 22.4 Å². The monoisotopic (exact) mass is 643 g/mol. The summed E-state index contributed by atoms with van der Waals surface area (Å²) in [5, 5.41) is 8.00. The number of urea groups is 1. The van der Waals surface area contributed by atoms with E-state index in [4.69, 9.17) is 5.73 Å². The molecule has 4 heterocycles. The molecule has 2 aliphatic rings. The smallest absolute Gasteiger partial charge is 0.368 e. The number of likely N-dealkylation sites (N-methyl/N-ethyl adjacent to an activating group) is 1. The van der Waals surface area contributed by atoms with Crippen molar-refractivity contribution >= 4 is 34.9 Å². The molecule has 0 atom stereocenters. The lowest BCUT2D eigenvalue weighted by Gasteiger charge is -2.35. The molecule has 47 heavy (non-hydrogen) atoms. The Morgan fingerprint density at radius 3 is 2.47 bits per heavy atom. The zero-order chi connectivity index (χ0) is 33.3. The van der Waals surface area contributed by atoms with Crippen molar-refractivity contribution in [2.45, 2.75) is 12.6 Å². The maximum Gasteiger partial charge on any atom is 0.418 e. The number of hydrogen-bond donors (Lipinski definition) is 4. The van der Waals surface area contributed by atoms with Crippen molar-refractivity contribution in [2.24, 2.45) is 7.05 Å². The number of carbonyl (C=O) groups excluding carboxylic acids is 2. The van der Waals surface area contributed by atoms with Crippen LogP contribution in [0.3, 0.4) is 0 Å². The van der Waals surface area contributed by atoms with Crippen LogP contribution in [0.5, 0.6) is 0 Å². The number of rotatable bonds is 4. The third-order valence-electron chi connectivity index (χ3n) is 8.17. The van der Waals surface area contributed by atoms with Gasteiger partial charge in [-0.2, -0.15) is 13.2 Å². The third kappa shape index (κ3) is 6.85. The van der Waals surface area contributed by atoms with Crippen molar-refractivity contribution in [1.29, 1.82) is 0 Å². The highest BCUT2D eigenvalue weighted by atomic mass is 19.4. The molecule has 4 aromatic rings. The molecule has 2 aromatic carbocycles. The predicted octanol–water partition coefficient (Wildman–Crippen LogP) is 4.16. The molecular weight excluding hydrogens is 611 g/mol. The first-order valence-electron chi connectivity index (χ1n) is 14.9. The Balaban J connectivity index is 1.19. The Hall–Kier alpha value is -5.55. The van der Waals surface area contributed by atoms with Gasteiger partial charge in [0.1, 0.15) is 5.69 Å². The molecule has 14 heteroatoms. The second-order valence-corrected chi connectivity index (χ2v) is 11.4. The standard InChI is InChI=1S/C33H32F3N9O2/c1-43-12-14-45(15-13-43)27-9-8-23(17-25(27)33(34,35)36)41-32(47)40-22-5-3-4-20(16-22)6-7-21-19-39-31(37)42-29(21)28-18-24-26(44(28)2)10-11-38-30(24)46/h3-5,8-9,16-19H,10-15H2,1-2H3,(H,38,46)(H2,37,39,42)(H2,40,41,47). The number of alkyl halides is 3. The summed E-state index contributed by atoms with van der Waals surface area (Å²) in [5.41, 5.74) is 9.22. The zero-order valence-corrected chi connectivity index (χ0v) is 25.7. The molecule has 0 unspecified atom stereocenters. The van der Waals surface area contributed by atoms with Crippen molar-refractivity contribution in [3.63, 3.8) is 0 Å². The molecule has 11 nitrogen and oxygen atoms in total. The van der Waals surface area contributed by atoms with Gasteiger partial charge in [0.15, 0.2) is 0 Å². The number of aromatic nitrogens is 3. The average Bonchev–Trinajstić information content (AvgIpc) is 3.37. The molecule has 0 saturated carbocycles. The fraction of sp³-hybridized carbons (Fsp3) is 0.273. The van der Waals surface area contributed by atoms with Gasteiger partial charge >= 0.3 is 12.2 Å². The highest BCUT2D eigenvalue weighted by Crippen LogP contribution is 2.38. The molecule has 0 radical (unpaired) electrons. The number of nitrogens with zero attached hydrogens (tertiary/aromatic N) is 5. The van der Waals surface area contributed by atoms with Crippen LogP contribution >= 0.6 is 0 Å². The zero-order valence-electron chi connectivity index (χ0n) is 25.7. The van der Waals surface area contributed by atoms with E-state index in [9.17, 15) is 22.8 Å². The molecule has 242 valence electrons. The van der Waals surface area contributed by atoms with E-state index in [1.165, 1.54) is 18.3 Å². The first-order chi connectivity index (χ1) is 22.5. The van der Waals surface area contributed by atoms with Gasteiger partial charge in [-0.25, -0.2) is 14.8 Å². The largest absolute Gasteiger partial charge is 0.418 e. The van der Waals surface area contributed by atoms with Crippen LogP contribution in [0.1, 0.15) is 32.7 Å². The van der Waals surface area contributed by atoms with E-state index in [1.807, 2.05) is 18.7 Å². The highest BCUT2D eigenvalue weighted by Gasteiger charge is 2.36. The van der Waals surface area contributed by atoms with Gasteiger partial charge in [-0.05, 0) is 49.5 Å². The summed E-state index contributed by atoms with van der Waals surface area (Å²) in [6.45, 7) is 2.82. The number of nitrogens with one attached hydrogen (secondary N) is 3. The SMILES string of the molecule is CN1CCN(c2ccc(NC(=O)Nc3cccc(C#Cc4cnc(N)nc4-c4cc5c(n4C)CCNC5=O)c3)cc2C(F)(F)F)CC1. The summed E-state index contributed by atoms with van der Waals surface area (Å²) in [6.07, 6.45) is -2.40. The number of halogens is 3. The maximum absolute atomic E-state index is 14.0. The first kappa shape index (κ1) is 31.4. The molecule has 0 bridgehead atoms. The number of benzene rings is 2. The van der Waals surface area contributed by atoms with E-state index in [0.717, 1.165) is 11.8 Å². The molecular formula is C33H32F3N9O2. The molecule has 6 rings (SSSR count). The predicted molar refractivity (Wildman–Crippen MR) is 173 cm³/mol. The quantitative estimate of drug-likeness (QED) is 0.246.